The molecule has 1 aromatic rings. The van der Waals surface area contributed by atoms with E-state index in [0.717, 1.165) is 30.6 Å². The molecule has 0 bridgehead atoms. The lowest BCUT2D eigenvalue weighted by Gasteiger charge is -2.32. The zero-order chi connectivity index (χ0) is 12.3. The molecule has 0 spiro atoms. The monoisotopic (exact) mass is 235 g/mol. The third kappa shape index (κ3) is 2.86. The van der Waals surface area contributed by atoms with Crippen LogP contribution in [0, 0.1) is 18.7 Å². The van der Waals surface area contributed by atoms with Crippen LogP contribution in [0.25, 0.3) is 0 Å². The number of aryl methyl sites for hydroxylation is 1. The molecule has 1 nitrogen and oxygen atoms in total. The van der Waals surface area contributed by atoms with Crippen LogP contribution in [-0.2, 0) is 0 Å². The van der Waals surface area contributed by atoms with Gasteiger partial charge in [-0.2, -0.15) is 0 Å². The molecule has 1 N–H and O–H groups in total. The van der Waals surface area contributed by atoms with E-state index in [1.165, 1.54) is 12.8 Å². The van der Waals surface area contributed by atoms with E-state index in [2.05, 4.69) is 12.2 Å². The molecule has 1 aliphatic rings. The van der Waals surface area contributed by atoms with Crippen LogP contribution in [0.2, 0.25) is 0 Å². The Bertz CT molecular complexity index is 373. The molecule has 94 valence electrons. The van der Waals surface area contributed by atoms with Gasteiger partial charge in [-0.05, 0) is 56.3 Å². The van der Waals surface area contributed by atoms with Crippen molar-refractivity contribution in [2.45, 2.75) is 39.0 Å². The Balaban J connectivity index is 2.25. The van der Waals surface area contributed by atoms with Crippen LogP contribution >= 0.6 is 0 Å². The standard InChI is InChI=1S/C15H22FN/c1-3-4-12-10-17-8-7-13(12)14-9-11(2)5-6-15(14)16/h5-6,9,12-13,17H,3-4,7-8,10H2,1-2H3. The summed E-state index contributed by atoms with van der Waals surface area (Å²) in [5.41, 5.74) is 2.10. The smallest absolute Gasteiger partial charge is 0.126 e. The predicted molar refractivity (Wildman–Crippen MR) is 69.8 cm³/mol. The lowest BCUT2D eigenvalue weighted by molar-refractivity contribution is 0.301. The summed E-state index contributed by atoms with van der Waals surface area (Å²) in [5, 5.41) is 3.43. The number of hydrogen-bond acceptors (Lipinski definition) is 1. The molecule has 0 amide bonds. The van der Waals surface area contributed by atoms with Gasteiger partial charge in [0.2, 0.25) is 0 Å². The Morgan fingerprint density at radius 1 is 1.41 bits per heavy atom. The molecule has 1 heterocycles. The minimum atomic E-state index is -0.0244. The highest BCUT2D eigenvalue weighted by molar-refractivity contribution is 5.28. The summed E-state index contributed by atoms with van der Waals surface area (Å²) in [6.07, 6.45) is 3.42. The lowest BCUT2D eigenvalue weighted by atomic mass is 9.78. The Labute approximate surface area is 103 Å². The molecule has 0 aliphatic carbocycles. The van der Waals surface area contributed by atoms with Crippen molar-refractivity contribution in [2.75, 3.05) is 13.1 Å². The molecule has 2 rings (SSSR count). The number of halogens is 1. The second kappa shape index (κ2) is 5.63. The van der Waals surface area contributed by atoms with E-state index < -0.39 is 0 Å². The number of rotatable bonds is 3. The summed E-state index contributed by atoms with van der Waals surface area (Å²) >= 11 is 0. The highest BCUT2D eigenvalue weighted by Gasteiger charge is 2.27. The largest absolute Gasteiger partial charge is 0.316 e. The van der Waals surface area contributed by atoms with Gasteiger partial charge in [0, 0.05) is 0 Å². The highest BCUT2D eigenvalue weighted by atomic mass is 19.1. The number of benzene rings is 1. The van der Waals surface area contributed by atoms with Gasteiger partial charge in [0.05, 0.1) is 0 Å². The van der Waals surface area contributed by atoms with Gasteiger partial charge in [0.25, 0.3) is 0 Å². The van der Waals surface area contributed by atoms with Crippen molar-refractivity contribution >= 4 is 0 Å². The number of hydrogen-bond donors (Lipinski definition) is 1. The third-order valence-corrected chi connectivity index (χ3v) is 3.82. The molecule has 0 saturated carbocycles. The Hall–Kier alpha value is -0.890. The van der Waals surface area contributed by atoms with E-state index in [0.29, 0.717) is 11.8 Å². The van der Waals surface area contributed by atoms with E-state index in [9.17, 15) is 4.39 Å². The third-order valence-electron chi connectivity index (χ3n) is 3.82. The van der Waals surface area contributed by atoms with Crippen LogP contribution in [0.1, 0.15) is 43.2 Å². The number of piperidine rings is 1. The van der Waals surface area contributed by atoms with E-state index in [1.54, 1.807) is 6.07 Å². The van der Waals surface area contributed by atoms with Crippen molar-refractivity contribution in [3.8, 4) is 0 Å². The van der Waals surface area contributed by atoms with Crippen LogP contribution in [0.3, 0.4) is 0 Å². The molecule has 2 atom stereocenters. The summed E-state index contributed by atoms with van der Waals surface area (Å²) in [6.45, 7) is 6.29. The minimum absolute atomic E-state index is 0.0244. The molecule has 1 fully saturated rings. The normalized spacial score (nSPS) is 24.9. The molecule has 1 aliphatic heterocycles. The molecule has 0 radical (unpaired) electrons. The van der Waals surface area contributed by atoms with Gasteiger partial charge >= 0.3 is 0 Å². The van der Waals surface area contributed by atoms with Gasteiger partial charge in [-0.1, -0.05) is 31.0 Å². The zero-order valence-electron chi connectivity index (χ0n) is 10.8. The molecular weight excluding hydrogens is 213 g/mol. The first-order chi connectivity index (χ1) is 8.22. The fraction of sp³-hybridized carbons (Fsp3) is 0.600. The fourth-order valence-corrected chi connectivity index (χ4v) is 2.95. The second-order valence-corrected chi connectivity index (χ2v) is 5.17. The maximum atomic E-state index is 13.9. The fourth-order valence-electron chi connectivity index (χ4n) is 2.95. The summed E-state index contributed by atoms with van der Waals surface area (Å²) in [7, 11) is 0. The second-order valence-electron chi connectivity index (χ2n) is 5.17. The summed E-state index contributed by atoms with van der Waals surface area (Å²) < 4.78 is 13.9. The van der Waals surface area contributed by atoms with Crippen molar-refractivity contribution in [2.24, 2.45) is 5.92 Å². The molecule has 2 unspecified atom stereocenters. The first kappa shape index (κ1) is 12.6. The van der Waals surface area contributed by atoms with E-state index in [4.69, 9.17) is 0 Å². The van der Waals surface area contributed by atoms with Crippen molar-refractivity contribution in [1.82, 2.24) is 5.32 Å². The number of nitrogens with one attached hydrogen (secondary N) is 1. The summed E-state index contributed by atoms with van der Waals surface area (Å²) in [6, 6.07) is 5.51. The van der Waals surface area contributed by atoms with Crippen LogP contribution in [-0.4, -0.2) is 13.1 Å². The van der Waals surface area contributed by atoms with Crippen molar-refractivity contribution in [3.05, 3.63) is 35.1 Å². The molecular formula is C15H22FN. The van der Waals surface area contributed by atoms with Crippen LogP contribution in [0.5, 0.6) is 0 Å². The minimum Gasteiger partial charge on any atom is -0.316 e. The molecule has 1 aromatic carbocycles. The van der Waals surface area contributed by atoms with E-state index in [-0.39, 0.29) is 5.82 Å². The van der Waals surface area contributed by atoms with Crippen molar-refractivity contribution in [3.63, 3.8) is 0 Å². The first-order valence-electron chi connectivity index (χ1n) is 6.69. The van der Waals surface area contributed by atoms with Crippen LogP contribution < -0.4 is 5.32 Å². The average molecular weight is 235 g/mol. The summed E-state index contributed by atoms with van der Waals surface area (Å²) in [5.74, 6) is 0.963. The first-order valence-corrected chi connectivity index (χ1v) is 6.69. The summed E-state index contributed by atoms with van der Waals surface area (Å²) in [4.78, 5) is 0. The predicted octanol–water partition coefficient (Wildman–Crippen LogP) is 3.63. The van der Waals surface area contributed by atoms with Gasteiger partial charge in [-0.3, -0.25) is 0 Å². The molecule has 0 aromatic heterocycles. The topological polar surface area (TPSA) is 12.0 Å². The Morgan fingerprint density at radius 2 is 2.24 bits per heavy atom. The lowest BCUT2D eigenvalue weighted by Crippen LogP contribution is -2.35. The highest BCUT2D eigenvalue weighted by Crippen LogP contribution is 2.34. The van der Waals surface area contributed by atoms with E-state index >= 15 is 0 Å². The van der Waals surface area contributed by atoms with Crippen LogP contribution in [0.4, 0.5) is 4.39 Å². The molecule has 1 saturated heterocycles. The van der Waals surface area contributed by atoms with E-state index in [1.807, 2.05) is 19.1 Å². The maximum absolute atomic E-state index is 13.9. The van der Waals surface area contributed by atoms with Crippen molar-refractivity contribution in [1.29, 1.82) is 0 Å². The Morgan fingerprint density at radius 3 is 3.00 bits per heavy atom. The van der Waals surface area contributed by atoms with Gasteiger partial charge in [0.1, 0.15) is 5.82 Å². The quantitative estimate of drug-likeness (QED) is 0.843. The molecule has 17 heavy (non-hydrogen) atoms. The van der Waals surface area contributed by atoms with Crippen LogP contribution in [0.15, 0.2) is 18.2 Å². The van der Waals surface area contributed by atoms with Crippen molar-refractivity contribution < 1.29 is 4.39 Å². The zero-order valence-corrected chi connectivity index (χ0v) is 10.8. The van der Waals surface area contributed by atoms with Gasteiger partial charge in [-0.25, -0.2) is 4.39 Å². The van der Waals surface area contributed by atoms with Gasteiger partial charge < -0.3 is 5.32 Å². The van der Waals surface area contributed by atoms with Gasteiger partial charge in [-0.15, -0.1) is 0 Å². The maximum Gasteiger partial charge on any atom is 0.126 e. The SMILES string of the molecule is CCCC1CNCCC1c1cc(C)ccc1F. The Kier molecular flexibility index (Phi) is 4.16. The average Bonchev–Trinajstić information content (AvgIpc) is 2.34. The van der Waals surface area contributed by atoms with Gasteiger partial charge in [0.15, 0.2) is 0 Å². The molecule has 2 heteroatoms.